The number of carbonyl (C=O) groups is 1. The van der Waals surface area contributed by atoms with E-state index in [9.17, 15) is 9.90 Å². The van der Waals surface area contributed by atoms with Crippen LogP contribution in [0.1, 0.15) is 15.9 Å². The van der Waals surface area contributed by atoms with Crippen molar-refractivity contribution < 1.29 is 14.3 Å². The summed E-state index contributed by atoms with van der Waals surface area (Å²) in [5, 5.41) is 12.6. The van der Waals surface area contributed by atoms with Crippen molar-refractivity contribution in [1.82, 2.24) is 0 Å². The standard InChI is InChI=1S/C23H17NO3/c1-15-7-12-21-19(13-15)20(14-22(27-21)16-5-3-2-4-6-16)24-18-10-8-17(9-11-18)23(25)26/h2-14H,1H3,(H,25,26)/p-1. The third kappa shape index (κ3) is 3.51. The molecular weight excluding hydrogens is 338 g/mol. The van der Waals surface area contributed by atoms with E-state index in [-0.39, 0.29) is 5.56 Å². The summed E-state index contributed by atoms with van der Waals surface area (Å²) in [4.78, 5) is 15.7. The lowest BCUT2D eigenvalue weighted by Gasteiger charge is -2.06. The predicted octanol–water partition coefficient (Wildman–Crippen LogP) is 4.00. The van der Waals surface area contributed by atoms with Gasteiger partial charge >= 0.3 is 0 Å². The second-order valence-corrected chi connectivity index (χ2v) is 6.31. The van der Waals surface area contributed by atoms with E-state index < -0.39 is 5.97 Å². The molecule has 0 amide bonds. The highest BCUT2D eigenvalue weighted by Gasteiger charge is 2.06. The second-order valence-electron chi connectivity index (χ2n) is 6.31. The Bertz CT molecular complexity index is 1190. The van der Waals surface area contributed by atoms with Crippen molar-refractivity contribution in [1.29, 1.82) is 0 Å². The molecule has 27 heavy (non-hydrogen) atoms. The van der Waals surface area contributed by atoms with Gasteiger partial charge in [0.15, 0.2) is 0 Å². The summed E-state index contributed by atoms with van der Waals surface area (Å²) in [6.45, 7) is 2.02. The fourth-order valence-electron chi connectivity index (χ4n) is 2.93. The van der Waals surface area contributed by atoms with Crippen LogP contribution in [0.4, 0.5) is 5.69 Å². The number of nitrogens with zero attached hydrogens (tertiary/aromatic N) is 1. The number of carboxylic acids is 1. The first-order valence-electron chi connectivity index (χ1n) is 8.56. The van der Waals surface area contributed by atoms with Gasteiger partial charge in [-0.1, -0.05) is 54.1 Å². The lowest BCUT2D eigenvalue weighted by molar-refractivity contribution is -0.255. The summed E-state index contributed by atoms with van der Waals surface area (Å²) in [5.41, 5.74) is 3.60. The molecule has 132 valence electrons. The van der Waals surface area contributed by atoms with E-state index in [0.29, 0.717) is 5.69 Å². The number of benzene rings is 3. The van der Waals surface area contributed by atoms with Crippen molar-refractivity contribution in [2.24, 2.45) is 4.99 Å². The number of carboxylic acid groups (broad SMARTS) is 1. The molecule has 1 aromatic heterocycles. The van der Waals surface area contributed by atoms with Gasteiger partial charge in [0.25, 0.3) is 0 Å². The van der Waals surface area contributed by atoms with E-state index in [1.54, 1.807) is 12.1 Å². The van der Waals surface area contributed by atoms with Crippen LogP contribution in [0.15, 0.2) is 88.3 Å². The minimum atomic E-state index is -1.20. The van der Waals surface area contributed by atoms with Gasteiger partial charge in [0.1, 0.15) is 11.3 Å². The molecule has 0 aliphatic carbocycles. The van der Waals surface area contributed by atoms with Gasteiger partial charge in [0.05, 0.1) is 17.0 Å². The van der Waals surface area contributed by atoms with Gasteiger partial charge in [-0.3, -0.25) is 0 Å². The molecule has 3 aromatic carbocycles. The summed E-state index contributed by atoms with van der Waals surface area (Å²) in [5.74, 6) is -0.482. The number of hydrogen-bond donors (Lipinski definition) is 0. The van der Waals surface area contributed by atoms with Gasteiger partial charge < -0.3 is 14.3 Å². The van der Waals surface area contributed by atoms with Gasteiger partial charge in [-0.15, -0.1) is 0 Å². The smallest absolute Gasteiger partial charge is 0.136 e. The highest BCUT2D eigenvalue weighted by molar-refractivity contribution is 5.86. The molecule has 0 atom stereocenters. The summed E-state index contributed by atoms with van der Waals surface area (Å²) in [7, 11) is 0. The normalized spacial score (nSPS) is 11.7. The van der Waals surface area contributed by atoms with E-state index >= 15 is 0 Å². The highest BCUT2D eigenvalue weighted by atomic mass is 16.4. The summed E-state index contributed by atoms with van der Waals surface area (Å²) in [6, 6.07) is 24.0. The van der Waals surface area contributed by atoms with Crippen LogP contribution in [0.2, 0.25) is 0 Å². The first-order chi connectivity index (χ1) is 13.1. The van der Waals surface area contributed by atoms with E-state index in [1.807, 2.05) is 61.5 Å². The molecule has 0 aliphatic rings. The predicted molar refractivity (Wildman–Crippen MR) is 102 cm³/mol. The fraction of sp³-hybridized carbons (Fsp3) is 0.0435. The Balaban J connectivity index is 1.94. The molecule has 0 fully saturated rings. The van der Waals surface area contributed by atoms with Gasteiger partial charge in [-0.05, 0) is 36.8 Å². The van der Waals surface area contributed by atoms with E-state index in [2.05, 4.69) is 0 Å². The zero-order valence-corrected chi connectivity index (χ0v) is 14.7. The van der Waals surface area contributed by atoms with Crippen LogP contribution >= 0.6 is 0 Å². The number of fused-ring (bicyclic) bond motifs is 1. The van der Waals surface area contributed by atoms with Crippen LogP contribution in [0.25, 0.3) is 22.3 Å². The minimum absolute atomic E-state index is 0.127. The molecular formula is C23H16NO3-. The van der Waals surface area contributed by atoms with E-state index in [1.165, 1.54) is 12.1 Å². The molecule has 0 radical (unpaired) electrons. The van der Waals surface area contributed by atoms with Crippen molar-refractivity contribution in [2.75, 3.05) is 0 Å². The Morgan fingerprint density at radius 3 is 2.37 bits per heavy atom. The monoisotopic (exact) mass is 354 g/mol. The van der Waals surface area contributed by atoms with Crippen molar-refractivity contribution >= 4 is 22.6 Å². The lowest BCUT2D eigenvalue weighted by Crippen LogP contribution is -2.21. The van der Waals surface area contributed by atoms with Crippen LogP contribution in [0.5, 0.6) is 0 Å². The maximum absolute atomic E-state index is 10.9. The van der Waals surface area contributed by atoms with Crippen molar-refractivity contribution in [3.05, 3.63) is 95.3 Å². The number of hydrogen-bond acceptors (Lipinski definition) is 4. The maximum atomic E-state index is 10.9. The van der Waals surface area contributed by atoms with E-state index in [0.717, 1.165) is 33.2 Å². The molecule has 0 N–H and O–H groups in total. The Kier molecular flexibility index (Phi) is 4.30. The molecule has 4 aromatic rings. The first kappa shape index (κ1) is 16.8. The van der Waals surface area contributed by atoms with Crippen LogP contribution in [-0.2, 0) is 0 Å². The zero-order valence-electron chi connectivity index (χ0n) is 14.7. The Hall–Kier alpha value is -3.66. The fourth-order valence-corrected chi connectivity index (χ4v) is 2.93. The van der Waals surface area contributed by atoms with E-state index in [4.69, 9.17) is 9.41 Å². The first-order valence-corrected chi connectivity index (χ1v) is 8.56. The molecule has 0 unspecified atom stereocenters. The van der Waals surface area contributed by atoms with Crippen LogP contribution in [0, 0.1) is 6.92 Å². The molecule has 0 spiro atoms. The summed E-state index contributed by atoms with van der Waals surface area (Å²) >= 11 is 0. The Morgan fingerprint density at radius 2 is 1.67 bits per heavy atom. The third-order valence-electron chi connectivity index (χ3n) is 4.31. The molecule has 4 heteroatoms. The Labute approximate surface area is 156 Å². The molecule has 0 aliphatic heterocycles. The molecule has 1 heterocycles. The van der Waals surface area contributed by atoms with Crippen molar-refractivity contribution in [2.45, 2.75) is 6.92 Å². The number of carbonyl (C=O) groups excluding carboxylic acids is 1. The average Bonchev–Trinajstić information content (AvgIpc) is 2.69. The van der Waals surface area contributed by atoms with Crippen molar-refractivity contribution in [3.8, 4) is 11.3 Å². The minimum Gasteiger partial charge on any atom is -0.545 e. The highest BCUT2D eigenvalue weighted by Crippen LogP contribution is 2.23. The molecule has 0 bridgehead atoms. The van der Waals surface area contributed by atoms with Crippen LogP contribution < -0.4 is 10.5 Å². The maximum Gasteiger partial charge on any atom is 0.136 e. The SMILES string of the molecule is Cc1ccc2oc(-c3ccccc3)cc(=Nc3ccc(C(=O)[O-])cc3)c2c1. The van der Waals surface area contributed by atoms with Crippen LogP contribution in [0.3, 0.4) is 0 Å². The van der Waals surface area contributed by atoms with Crippen molar-refractivity contribution in [3.63, 3.8) is 0 Å². The third-order valence-corrected chi connectivity index (χ3v) is 4.31. The number of rotatable bonds is 3. The largest absolute Gasteiger partial charge is 0.545 e. The number of aryl methyl sites for hydroxylation is 1. The molecule has 4 nitrogen and oxygen atoms in total. The Morgan fingerprint density at radius 1 is 0.926 bits per heavy atom. The van der Waals surface area contributed by atoms with Crippen LogP contribution in [-0.4, -0.2) is 5.97 Å². The topological polar surface area (TPSA) is 65.6 Å². The van der Waals surface area contributed by atoms with Gasteiger partial charge in [-0.25, -0.2) is 4.99 Å². The summed E-state index contributed by atoms with van der Waals surface area (Å²) < 4.78 is 6.09. The zero-order chi connectivity index (χ0) is 18.8. The second kappa shape index (κ2) is 6.92. The molecule has 0 saturated heterocycles. The molecule has 0 saturated carbocycles. The quantitative estimate of drug-likeness (QED) is 0.558. The molecule has 4 rings (SSSR count). The lowest BCUT2D eigenvalue weighted by atomic mass is 10.1. The van der Waals surface area contributed by atoms with Gasteiger partial charge in [0.2, 0.25) is 0 Å². The van der Waals surface area contributed by atoms with Gasteiger partial charge in [-0.2, -0.15) is 0 Å². The average molecular weight is 354 g/mol. The number of aromatic carboxylic acids is 1. The summed E-state index contributed by atoms with van der Waals surface area (Å²) in [6.07, 6.45) is 0. The van der Waals surface area contributed by atoms with Gasteiger partial charge in [0, 0.05) is 17.0 Å².